The zero-order valence-corrected chi connectivity index (χ0v) is 13.7. The van der Waals surface area contributed by atoms with Crippen LogP contribution in [0.3, 0.4) is 0 Å². The Morgan fingerprint density at radius 1 is 1.04 bits per heavy atom. The largest absolute Gasteiger partial charge is 0.484 e. The van der Waals surface area contributed by atoms with Crippen molar-refractivity contribution in [2.24, 2.45) is 0 Å². The van der Waals surface area contributed by atoms with Gasteiger partial charge in [0.15, 0.2) is 6.61 Å². The molecule has 1 aromatic heterocycles. The normalized spacial score (nSPS) is 10.2. The van der Waals surface area contributed by atoms with Crippen molar-refractivity contribution in [2.45, 2.75) is 6.92 Å². The van der Waals surface area contributed by atoms with Gasteiger partial charge < -0.3 is 9.47 Å². The van der Waals surface area contributed by atoms with Gasteiger partial charge in [-0.15, -0.1) is 10.2 Å². The molecule has 1 N–H and O–H groups in total. The maximum atomic E-state index is 11.7. The van der Waals surface area contributed by atoms with E-state index < -0.39 is 0 Å². The molecule has 0 bridgehead atoms. The number of nitrogens with one attached hydrogen (secondary N) is 1. The molecule has 0 aliphatic heterocycles. The van der Waals surface area contributed by atoms with E-state index in [0.717, 1.165) is 5.75 Å². The number of ether oxygens (including phenoxy) is 2. The molecule has 3 rings (SSSR count). The first-order chi connectivity index (χ1) is 11.7. The minimum atomic E-state index is -0.285. The third-order valence-electron chi connectivity index (χ3n) is 3.06. The van der Waals surface area contributed by atoms with Crippen molar-refractivity contribution >= 4 is 22.4 Å². The highest BCUT2D eigenvalue weighted by Gasteiger charge is 2.06. The maximum Gasteiger partial charge on any atom is 0.264 e. The molecule has 0 saturated carbocycles. The Labute approximate surface area is 143 Å². The topological polar surface area (TPSA) is 73.3 Å². The van der Waals surface area contributed by atoms with E-state index in [1.54, 1.807) is 29.8 Å². The second-order valence-electron chi connectivity index (χ2n) is 4.97. The number of aromatic nitrogens is 2. The number of benzene rings is 2. The summed E-state index contributed by atoms with van der Waals surface area (Å²) in [5, 5.41) is 10.4. The third-order valence-corrected chi connectivity index (χ3v) is 3.66. The molecule has 1 amide bonds. The molecule has 1 heterocycles. The molecule has 2 aromatic carbocycles. The fourth-order valence-corrected chi connectivity index (χ4v) is 2.34. The van der Waals surface area contributed by atoms with E-state index in [1.807, 2.05) is 31.2 Å². The first kappa shape index (κ1) is 15.9. The summed E-state index contributed by atoms with van der Waals surface area (Å²) in [4.78, 5) is 11.7. The Morgan fingerprint density at radius 2 is 1.67 bits per heavy atom. The molecule has 0 atom stereocenters. The van der Waals surface area contributed by atoms with E-state index in [4.69, 9.17) is 9.47 Å². The zero-order chi connectivity index (χ0) is 16.8. The van der Waals surface area contributed by atoms with Gasteiger partial charge in [0, 0.05) is 0 Å². The van der Waals surface area contributed by atoms with Crippen LogP contribution in [0.5, 0.6) is 17.2 Å². The lowest BCUT2D eigenvalue weighted by molar-refractivity contribution is -0.118. The predicted octanol–water partition coefficient (Wildman–Crippen LogP) is 3.66. The Morgan fingerprint density at radius 3 is 2.29 bits per heavy atom. The van der Waals surface area contributed by atoms with Gasteiger partial charge >= 0.3 is 0 Å². The summed E-state index contributed by atoms with van der Waals surface area (Å²) in [6.07, 6.45) is 0. The van der Waals surface area contributed by atoms with Crippen molar-refractivity contribution in [1.29, 1.82) is 0 Å². The average Bonchev–Trinajstić information content (AvgIpc) is 3.09. The van der Waals surface area contributed by atoms with Crippen LogP contribution < -0.4 is 14.8 Å². The highest BCUT2D eigenvalue weighted by Crippen LogP contribution is 2.24. The smallest absolute Gasteiger partial charge is 0.264 e. The molecule has 0 unspecified atom stereocenters. The summed E-state index contributed by atoms with van der Waals surface area (Å²) in [5.74, 6) is 1.76. The van der Waals surface area contributed by atoms with E-state index in [1.165, 1.54) is 16.9 Å². The molecular formula is C17H15N3O3S. The molecule has 0 saturated heterocycles. The minimum Gasteiger partial charge on any atom is -0.484 e. The number of hydrogen-bond acceptors (Lipinski definition) is 6. The van der Waals surface area contributed by atoms with E-state index in [2.05, 4.69) is 15.5 Å². The van der Waals surface area contributed by atoms with Crippen LogP contribution in [0.25, 0.3) is 0 Å². The molecule has 7 heteroatoms. The third kappa shape index (κ3) is 4.53. The fraction of sp³-hybridized carbons (Fsp3) is 0.118. The van der Waals surface area contributed by atoms with Crippen molar-refractivity contribution in [3.8, 4) is 17.2 Å². The van der Waals surface area contributed by atoms with Crippen molar-refractivity contribution < 1.29 is 14.3 Å². The zero-order valence-electron chi connectivity index (χ0n) is 12.9. The van der Waals surface area contributed by atoms with Gasteiger partial charge in [-0.1, -0.05) is 29.0 Å². The fourth-order valence-electron chi connectivity index (χ4n) is 1.88. The predicted molar refractivity (Wildman–Crippen MR) is 91.7 cm³/mol. The molecular weight excluding hydrogens is 326 g/mol. The summed E-state index contributed by atoms with van der Waals surface area (Å²) in [5.41, 5.74) is 2.72. The number of amides is 1. The molecule has 3 aromatic rings. The molecule has 0 spiro atoms. The van der Waals surface area contributed by atoms with Crippen LogP contribution in [0.15, 0.2) is 54.0 Å². The minimum absolute atomic E-state index is 0.0995. The van der Waals surface area contributed by atoms with Gasteiger partial charge in [-0.3, -0.25) is 10.1 Å². The summed E-state index contributed by atoms with van der Waals surface area (Å²) in [6, 6.07) is 14.9. The quantitative estimate of drug-likeness (QED) is 0.741. The van der Waals surface area contributed by atoms with Crippen LogP contribution >= 0.6 is 11.3 Å². The summed E-state index contributed by atoms with van der Waals surface area (Å²) < 4.78 is 11.2. The van der Waals surface area contributed by atoms with Crippen molar-refractivity contribution in [2.75, 3.05) is 11.9 Å². The first-order valence-corrected chi connectivity index (χ1v) is 8.10. The number of nitrogens with zero attached hydrogens (tertiary/aromatic N) is 2. The lowest BCUT2D eigenvalue weighted by atomic mass is 10.2. The summed E-state index contributed by atoms with van der Waals surface area (Å²) in [7, 11) is 0. The van der Waals surface area contributed by atoms with Crippen molar-refractivity contribution in [3.05, 3.63) is 59.6 Å². The van der Waals surface area contributed by atoms with Gasteiger partial charge in [-0.2, -0.15) is 0 Å². The summed E-state index contributed by atoms with van der Waals surface area (Å²) >= 11 is 1.25. The number of carbonyl (C=O) groups is 1. The number of carbonyl (C=O) groups excluding carboxylic acids is 1. The Hall–Kier alpha value is -2.93. The number of hydrogen-bond donors (Lipinski definition) is 1. The van der Waals surface area contributed by atoms with Crippen LogP contribution in [0.4, 0.5) is 5.13 Å². The SMILES string of the molecule is Cc1ccc(Oc2ccc(OCC(=O)Nc3nncs3)cc2)cc1. The Balaban J connectivity index is 1.50. The van der Waals surface area contributed by atoms with Crippen LogP contribution in [-0.4, -0.2) is 22.7 Å². The molecule has 0 aliphatic carbocycles. The van der Waals surface area contributed by atoms with E-state index in [-0.39, 0.29) is 12.5 Å². The number of rotatable bonds is 6. The highest BCUT2D eigenvalue weighted by atomic mass is 32.1. The molecule has 122 valence electrons. The van der Waals surface area contributed by atoms with Gasteiger partial charge in [-0.05, 0) is 43.3 Å². The van der Waals surface area contributed by atoms with Crippen LogP contribution in [0, 0.1) is 6.92 Å². The lowest BCUT2D eigenvalue weighted by Crippen LogP contribution is -2.20. The second kappa shape index (κ2) is 7.56. The lowest BCUT2D eigenvalue weighted by Gasteiger charge is -2.08. The standard InChI is InChI=1S/C17H15N3O3S/c1-12-2-4-14(5-3-12)23-15-8-6-13(7-9-15)22-10-16(21)19-17-20-18-11-24-17/h2-9,11H,10H2,1H3,(H,19,20,21). The number of anilines is 1. The van der Waals surface area contributed by atoms with Crippen LogP contribution in [0.1, 0.15) is 5.56 Å². The van der Waals surface area contributed by atoms with E-state index in [0.29, 0.717) is 16.6 Å². The van der Waals surface area contributed by atoms with Crippen LogP contribution in [0.2, 0.25) is 0 Å². The van der Waals surface area contributed by atoms with E-state index in [9.17, 15) is 4.79 Å². The van der Waals surface area contributed by atoms with Crippen molar-refractivity contribution in [3.63, 3.8) is 0 Å². The van der Waals surface area contributed by atoms with E-state index >= 15 is 0 Å². The summed E-state index contributed by atoms with van der Waals surface area (Å²) in [6.45, 7) is 1.93. The van der Waals surface area contributed by atoms with Gasteiger partial charge in [0.2, 0.25) is 5.13 Å². The van der Waals surface area contributed by atoms with Crippen LogP contribution in [-0.2, 0) is 4.79 Å². The highest BCUT2D eigenvalue weighted by molar-refractivity contribution is 7.13. The van der Waals surface area contributed by atoms with Gasteiger partial charge in [0.1, 0.15) is 22.8 Å². The molecule has 24 heavy (non-hydrogen) atoms. The Bertz CT molecular complexity index is 787. The van der Waals surface area contributed by atoms with Gasteiger partial charge in [0.05, 0.1) is 0 Å². The Kier molecular flexibility index (Phi) is 5.02. The number of aryl methyl sites for hydroxylation is 1. The molecule has 0 aliphatic rings. The monoisotopic (exact) mass is 341 g/mol. The first-order valence-electron chi connectivity index (χ1n) is 7.22. The van der Waals surface area contributed by atoms with Gasteiger partial charge in [-0.25, -0.2) is 0 Å². The molecule has 0 radical (unpaired) electrons. The van der Waals surface area contributed by atoms with Crippen molar-refractivity contribution in [1.82, 2.24) is 10.2 Å². The average molecular weight is 341 g/mol. The maximum absolute atomic E-state index is 11.7. The second-order valence-corrected chi connectivity index (χ2v) is 5.80. The van der Waals surface area contributed by atoms with Gasteiger partial charge in [0.25, 0.3) is 5.91 Å². The molecule has 0 fully saturated rings. The molecule has 6 nitrogen and oxygen atoms in total.